The zero-order chi connectivity index (χ0) is 14.2. The molecule has 0 spiro atoms. The molecule has 0 aromatic heterocycles. The number of likely N-dealkylation sites (N-methyl/N-ethyl adjacent to an activating group) is 1. The fourth-order valence-electron chi connectivity index (χ4n) is 1.93. The number of ether oxygens (including phenoxy) is 1. The minimum absolute atomic E-state index is 0.755. The van der Waals surface area contributed by atoms with Gasteiger partial charge in [-0.3, -0.25) is 0 Å². The van der Waals surface area contributed by atoms with Gasteiger partial charge in [0, 0.05) is 31.4 Å². The van der Waals surface area contributed by atoms with Crippen LogP contribution in [-0.4, -0.2) is 49.7 Å². The van der Waals surface area contributed by atoms with E-state index >= 15 is 0 Å². The Morgan fingerprint density at radius 3 is 2.65 bits per heavy atom. The predicted molar refractivity (Wildman–Crippen MR) is 87.7 cm³/mol. The van der Waals surface area contributed by atoms with Crippen molar-refractivity contribution in [2.45, 2.75) is 25.4 Å². The summed E-state index contributed by atoms with van der Waals surface area (Å²) in [7, 11) is 2.15. The summed E-state index contributed by atoms with van der Waals surface area (Å²) in [6.07, 6.45) is 4.82. The molecule has 20 heavy (non-hydrogen) atoms. The Hall–Kier alpha value is -0.710. The minimum Gasteiger partial charge on any atom is -0.492 e. The topological polar surface area (TPSA) is 24.5 Å². The van der Waals surface area contributed by atoms with Gasteiger partial charge in [0.15, 0.2) is 0 Å². The molecule has 4 heteroatoms. The van der Waals surface area contributed by atoms with Gasteiger partial charge in [-0.2, -0.15) is 11.8 Å². The van der Waals surface area contributed by atoms with Crippen molar-refractivity contribution in [3.05, 3.63) is 29.8 Å². The molecule has 0 unspecified atom stereocenters. The molecule has 0 heterocycles. The molecule has 1 aliphatic rings. The van der Waals surface area contributed by atoms with Crippen LogP contribution in [0.15, 0.2) is 24.3 Å². The summed E-state index contributed by atoms with van der Waals surface area (Å²) in [4.78, 5) is 2.31. The Kier molecular flexibility index (Phi) is 6.70. The zero-order valence-corrected chi connectivity index (χ0v) is 13.4. The van der Waals surface area contributed by atoms with Crippen LogP contribution in [0.5, 0.6) is 5.75 Å². The molecule has 1 N–H and O–H groups in total. The molecule has 0 amide bonds. The third kappa shape index (κ3) is 6.16. The van der Waals surface area contributed by atoms with Gasteiger partial charge in [-0.1, -0.05) is 12.1 Å². The van der Waals surface area contributed by atoms with Crippen LogP contribution >= 0.6 is 11.8 Å². The normalized spacial score (nSPS) is 14.8. The van der Waals surface area contributed by atoms with Crippen molar-refractivity contribution in [3.63, 3.8) is 0 Å². The average molecular weight is 294 g/mol. The number of hydrogen-bond acceptors (Lipinski definition) is 4. The summed E-state index contributed by atoms with van der Waals surface area (Å²) in [6, 6.07) is 9.23. The minimum atomic E-state index is 0.755. The molecule has 1 aliphatic carbocycles. The number of nitrogens with one attached hydrogen (secondary N) is 1. The van der Waals surface area contributed by atoms with Crippen molar-refractivity contribution in [2.75, 3.05) is 38.8 Å². The highest BCUT2D eigenvalue weighted by molar-refractivity contribution is 7.98. The fraction of sp³-hybridized carbons (Fsp3) is 0.625. The number of thioether (sulfide) groups is 1. The molecule has 1 aromatic carbocycles. The molecule has 0 bridgehead atoms. The summed E-state index contributed by atoms with van der Waals surface area (Å²) in [5.41, 5.74) is 1.33. The van der Waals surface area contributed by atoms with Gasteiger partial charge >= 0.3 is 0 Å². The summed E-state index contributed by atoms with van der Waals surface area (Å²) in [5.74, 6) is 2.15. The molecule has 2 rings (SSSR count). The van der Waals surface area contributed by atoms with E-state index in [1.807, 2.05) is 11.8 Å². The molecule has 112 valence electrons. The lowest BCUT2D eigenvalue weighted by molar-refractivity contribution is 0.245. The molecule has 1 fully saturated rings. The average Bonchev–Trinajstić information content (AvgIpc) is 3.28. The summed E-state index contributed by atoms with van der Waals surface area (Å²) < 4.78 is 5.78. The van der Waals surface area contributed by atoms with Crippen molar-refractivity contribution in [2.24, 2.45) is 0 Å². The number of hydrogen-bond donors (Lipinski definition) is 1. The van der Waals surface area contributed by atoms with Crippen LogP contribution in [0.25, 0.3) is 0 Å². The third-order valence-electron chi connectivity index (χ3n) is 3.51. The molecule has 0 saturated heterocycles. The largest absolute Gasteiger partial charge is 0.492 e. The van der Waals surface area contributed by atoms with E-state index in [1.165, 1.54) is 24.2 Å². The second kappa shape index (κ2) is 8.55. The van der Waals surface area contributed by atoms with E-state index in [4.69, 9.17) is 4.74 Å². The zero-order valence-electron chi connectivity index (χ0n) is 12.6. The quantitative estimate of drug-likeness (QED) is 0.717. The number of rotatable bonds is 10. The van der Waals surface area contributed by atoms with Crippen molar-refractivity contribution < 1.29 is 4.74 Å². The summed E-state index contributed by atoms with van der Waals surface area (Å²) in [6.45, 7) is 3.83. The maximum absolute atomic E-state index is 5.78. The smallest absolute Gasteiger partial charge is 0.119 e. The standard InChI is InChI=1S/C16H26N2OS/c1-18(10-12-20-2)9-11-19-16-7-3-14(4-8-16)13-17-15-5-6-15/h3-4,7-8,15,17H,5-6,9-13H2,1-2H3. The first kappa shape index (κ1) is 15.7. The van der Waals surface area contributed by atoms with Crippen LogP contribution in [-0.2, 0) is 6.54 Å². The summed E-state index contributed by atoms with van der Waals surface area (Å²) >= 11 is 1.88. The molecule has 0 aliphatic heterocycles. The maximum atomic E-state index is 5.78. The first-order valence-corrected chi connectivity index (χ1v) is 8.80. The SMILES string of the molecule is CSCCN(C)CCOc1ccc(CNC2CC2)cc1. The van der Waals surface area contributed by atoms with E-state index in [1.54, 1.807) is 0 Å². The van der Waals surface area contributed by atoms with Crippen LogP contribution < -0.4 is 10.1 Å². The molecular formula is C16H26N2OS. The van der Waals surface area contributed by atoms with Crippen molar-refractivity contribution in [1.29, 1.82) is 0 Å². The Balaban J connectivity index is 1.62. The second-order valence-corrected chi connectivity index (χ2v) is 6.43. The Morgan fingerprint density at radius 2 is 2.00 bits per heavy atom. The van der Waals surface area contributed by atoms with Gasteiger partial charge in [0.1, 0.15) is 12.4 Å². The van der Waals surface area contributed by atoms with Gasteiger partial charge in [-0.15, -0.1) is 0 Å². The van der Waals surface area contributed by atoms with E-state index in [2.05, 4.69) is 47.8 Å². The van der Waals surface area contributed by atoms with Crippen LogP contribution in [0.3, 0.4) is 0 Å². The van der Waals surface area contributed by atoms with Crippen molar-refractivity contribution in [1.82, 2.24) is 10.2 Å². The lowest BCUT2D eigenvalue weighted by Crippen LogP contribution is -2.26. The van der Waals surface area contributed by atoms with Crippen molar-refractivity contribution in [3.8, 4) is 5.75 Å². The number of benzene rings is 1. The van der Waals surface area contributed by atoms with Gasteiger partial charge in [-0.25, -0.2) is 0 Å². The molecule has 0 radical (unpaired) electrons. The van der Waals surface area contributed by atoms with E-state index < -0.39 is 0 Å². The highest BCUT2D eigenvalue weighted by atomic mass is 32.2. The van der Waals surface area contributed by atoms with Gasteiger partial charge in [0.05, 0.1) is 0 Å². The monoisotopic (exact) mass is 294 g/mol. The van der Waals surface area contributed by atoms with Crippen molar-refractivity contribution >= 4 is 11.8 Å². The molecule has 1 saturated carbocycles. The van der Waals surface area contributed by atoms with E-state index in [-0.39, 0.29) is 0 Å². The van der Waals surface area contributed by atoms with E-state index in [0.29, 0.717) is 0 Å². The molecular weight excluding hydrogens is 268 g/mol. The van der Waals surface area contributed by atoms with E-state index in [0.717, 1.165) is 38.0 Å². The van der Waals surface area contributed by atoms with E-state index in [9.17, 15) is 0 Å². The second-order valence-electron chi connectivity index (χ2n) is 5.44. The lowest BCUT2D eigenvalue weighted by Gasteiger charge is -2.16. The van der Waals surface area contributed by atoms with Gasteiger partial charge in [0.2, 0.25) is 0 Å². The predicted octanol–water partition coefficient (Wildman–Crippen LogP) is 2.61. The Morgan fingerprint density at radius 1 is 1.25 bits per heavy atom. The number of nitrogens with zero attached hydrogens (tertiary/aromatic N) is 1. The molecule has 0 atom stereocenters. The third-order valence-corrected chi connectivity index (χ3v) is 4.11. The maximum Gasteiger partial charge on any atom is 0.119 e. The lowest BCUT2D eigenvalue weighted by atomic mass is 10.2. The van der Waals surface area contributed by atoms with Crippen LogP contribution in [0.2, 0.25) is 0 Å². The Bertz CT molecular complexity index is 379. The first-order valence-electron chi connectivity index (χ1n) is 7.40. The fourth-order valence-corrected chi connectivity index (χ4v) is 2.43. The van der Waals surface area contributed by atoms with Crippen LogP contribution in [0, 0.1) is 0 Å². The summed E-state index contributed by atoms with van der Waals surface area (Å²) in [5, 5.41) is 3.52. The molecule has 1 aromatic rings. The van der Waals surface area contributed by atoms with Crippen LogP contribution in [0.1, 0.15) is 18.4 Å². The van der Waals surface area contributed by atoms with Gasteiger partial charge in [0.25, 0.3) is 0 Å². The first-order chi connectivity index (χ1) is 9.78. The highest BCUT2D eigenvalue weighted by Crippen LogP contribution is 2.19. The Labute approximate surface area is 127 Å². The molecule has 3 nitrogen and oxygen atoms in total. The van der Waals surface area contributed by atoms with Gasteiger partial charge in [-0.05, 0) is 43.8 Å². The van der Waals surface area contributed by atoms with Crippen LogP contribution in [0.4, 0.5) is 0 Å². The highest BCUT2D eigenvalue weighted by Gasteiger charge is 2.19. The van der Waals surface area contributed by atoms with Gasteiger partial charge < -0.3 is 15.0 Å².